The van der Waals surface area contributed by atoms with Gasteiger partial charge in [-0.25, -0.2) is 4.39 Å². The van der Waals surface area contributed by atoms with Gasteiger partial charge in [0.05, 0.1) is 0 Å². The Morgan fingerprint density at radius 1 is 1.10 bits per heavy atom. The molecule has 21 heavy (non-hydrogen) atoms. The van der Waals surface area contributed by atoms with Gasteiger partial charge in [-0.3, -0.25) is 0 Å². The summed E-state index contributed by atoms with van der Waals surface area (Å²) in [4.78, 5) is 0. The first-order chi connectivity index (χ1) is 10.1. The summed E-state index contributed by atoms with van der Waals surface area (Å²) >= 11 is 0. The fourth-order valence-electron chi connectivity index (χ4n) is 2.28. The molecule has 3 heteroatoms. The van der Waals surface area contributed by atoms with Crippen LogP contribution in [-0.2, 0) is 0 Å². The second-order valence-corrected chi connectivity index (χ2v) is 5.20. The van der Waals surface area contributed by atoms with Gasteiger partial charge in [-0.15, -0.1) is 0 Å². The van der Waals surface area contributed by atoms with Crippen molar-refractivity contribution in [2.45, 2.75) is 33.2 Å². The molecular formula is C18H22FNO. The smallest absolute Gasteiger partial charge is 0.135 e. The summed E-state index contributed by atoms with van der Waals surface area (Å²) in [7, 11) is 0. The van der Waals surface area contributed by atoms with E-state index < -0.39 is 0 Å². The Bertz CT molecular complexity index is 598. The molecule has 0 saturated carbocycles. The number of rotatable bonds is 6. The lowest BCUT2D eigenvalue weighted by Gasteiger charge is -2.19. The topological polar surface area (TPSA) is 21.3 Å². The van der Waals surface area contributed by atoms with Gasteiger partial charge in [-0.1, -0.05) is 31.2 Å². The summed E-state index contributed by atoms with van der Waals surface area (Å²) in [6, 6.07) is 12.6. The maximum absolute atomic E-state index is 14.2. The first-order valence-corrected chi connectivity index (χ1v) is 7.38. The van der Waals surface area contributed by atoms with Crippen molar-refractivity contribution in [3.63, 3.8) is 0 Å². The van der Waals surface area contributed by atoms with Crippen molar-refractivity contribution >= 4 is 0 Å². The maximum Gasteiger partial charge on any atom is 0.135 e. The van der Waals surface area contributed by atoms with Crippen molar-refractivity contribution in [2.24, 2.45) is 0 Å². The normalized spacial score (nSPS) is 12.2. The van der Waals surface area contributed by atoms with Crippen LogP contribution in [0.5, 0.6) is 11.5 Å². The monoisotopic (exact) mass is 287 g/mol. The van der Waals surface area contributed by atoms with Crippen molar-refractivity contribution in [3.8, 4) is 11.5 Å². The summed E-state index contributed by atoms with van der Waals surface area (Å²) in [5, 5.41) is 3.31. The van der Waals surface area contributed by atoms with E-state index in [0.29, 0.717) is 11.3 Å². The molecule has 2 rings (SSSR count). The van der Waals surface area contributed by atoms with E-state index in [1.807, 2.05) is 44.2 Å². The number of nitrogens with one attached hydrogen (secondary N) is 1. The van der Waals surface area contributed by atoms with Gasteiger partial charge >= 0.3 is 0 Å². The molecule has 0 saturated heterocycles. The molecule has 1 unspecified atom stereocenters. The van der Waals surface area contributed by atoms with Gasteiger partial charge in [0.15, 0.2) is 0 Å². The maximum atomic E-state index is 14.2. The molecule has 0 heterocycles. The van der Waals surface area contributed by atoms with Crippen LogP contribution in [0.15, 0.2) is 42.5 Å². The van der Waals surface area contributed by atoms with Gasteiger partial charge in [-0.2, -0.15) is 0 Å². The highest BCUT2D eigenvalue weighted by Gasteiger charge is 2.17. The molecule has 0 spiro atoms. The molecule has 0 aromatic heterocycles. The molecule has 0 bridgehead atoms. The van der Waals surface area contributed by atoms with E-state index in [-0.39, 0.29) is 11.9 Å². The molecule has 0 aliphatic rings. The third kappa shape index (κ3) is 3.82. The fraction of sp³-hybridized carbons (Fsp3) is 0.333. The Balaban J connectivity index is 2.31. The summed E-state index contributed by atoms with van der Waals surface area (Å²) in [6.07, 6.45) is 1.01. The minimum atomic E-state index is -0.239. The highest BCUT2D eigenvalue weighted by molar-refractivity contribution is 5.42. The molecule has 0 radical (unpaired) electrons. The Morgan fingerprint density at radius 3 is 2.52 bits per heavy atom. The first-order valence-electron chi connectivity index (χ1n) is 7.38. The zero-order chi connectivity index (χ0) is 15.2. The molecule has 2 aromatic rings. The summed E-state index contributed by atoms with van der Waals surface area (Å²) in [5.74, 6) is 1.09. The number of para-hydroxylation sites is 1. The lowest BCUT2D eigenvalue weighted by atomic mass is 10.1. The Hall–Kier alpha value is -1.87. The van der Waals surface area contributed by atoms with Crippen LogP contribution in [0.4, 0.5) is 4.39 Å². The highest BCUT2D eigenvalue weighted by atomic mass is 19.1. The van der Waals surface area contributed by atoms with Crippen LogP contribution in [0, 0.1) is 12.7 Å². The molecule has 112 valence electrons. The lowest BCUT2D eigenvalue weighted by molar-refractivity contribution is 0.443. The van der Waals surface area contributed by atoms with Gasteiger partial charge in [0.2, 0.25) is 0 Å². The molecule has 0 fully saturated rings. The van der Waals surface area contributed by atoms with E-state index in [4.69, 9.17) is 4.74 Å². The standard InChI is InChI=1S/C18H22FNO/c1-4-12-20-14(3)18-15(19)9-7-11-17(18)21-16-10-6-5-8-13(16)2/h5-11,14,20H,4,12H2,1-3H3. The predicted molar refractivity (Wildman–Crippen MR) is 84.4 cm³/mol. The average molecular weight is 287 g/mol. The average Bonchev–Trinajstić information content (AvgIpc) is 2.47. The van der Waals surface area contributed by atoms with E-state index >= 15 is 0 Å². The number of benzene rings is 2. The second kappa shape index (κ2) is 7.23. The van der Waals surface area contributed by atoms with E-state index in [0.717, 1.165) is 24.3 Å². The molecule has 1 atom stereocenters. The SMILES string of the molecule is CCCNC(C)c1c(F)cccc1Oc1ccccc1C. The zero-order valence-corrected chi connectivity index (χ0v) is 12.8. The van der Waals surface area contributed by atoms with Gasteiger partial charge in [0.25, 0.3) is 0 Å². The van der Waals surface area contributed by atoms with Crippen molar-refractivity contribution < 1.29 is 9.13 Å². The number of aryl methyl sites for hydroxylation is 1. The molecule has 0 aliphatic heterocycles. The third-order valence-corrected chi connectivity index (χ3v) is 3.46. The van der Waals surface area contributed by atoms with E-state index in [2.05, 4.69) is 12.2 Å². The first kappa shape index (κ1) is 15.5. The van der Waals surface area contributed by atoms with Crippen LogP contribution in [0.3, 0.4) is 0 Å². The molecular weight excluding hydrogens is 265 g/mol. The molecule has 0 aliphatic carbocycles. The van der Waals surface area contributed by atoms with Crippen molar-refractivity contribution in [1.82, 2.24) is 5.32 Å². The lowest BCUT2D eigenvalue weighted by Crippen LogP contribution is -2.20. The van der Waals surface area contributed by atoms with Crippen LogP contribution in [0.1, 0.15) is 37.4 Å². The minimum Gasteiger partial charge on any atom is -0.457 e. The van der Waals surface area contributed by atoms with Gasteiger partial charge in [0, 0.05) is 11.6 Å². The van der Waals surface area contributed by atoms with E-state index in [1.54, 1.807) is 6.07 Å². The summed E-state index contributed by atoms with van der Waals surface area (Å²) in [6.45, 7) is 6.87. The predicted octanol–water partition coefficient (Wildman–Crippen LogP) is 4.99. The van der Waals surface area contributed by atoms with Crippen LogP contribution in [0.25, 0.3) is 0 Å². The van der Waals surface area contributed by atoms with Crippen molar-refractivity contribution in [3.05, 3.63) is 59.4 Å². The third-order valence-electron chi connectivity index (χ3n) is 3.46. The minimum absolute atomic E-state index is 0.0924. The van der Waals surface area contributed by atoms with Crippen molar-refractivity contribution in [1.29, 1.82) is 0 Å². The zero-order valence-electron chi connectivity index (χ0n) is 12.8. The van der Waals surface area contributed by atoms with E-state index in [1.165, 1.54) is 6.07 Å². The van der Waals surface area contributed by atoms with E-state index in [9.17, 15) is 4.39 Å². The number of hydrogen-bond acceptors (Lipinski definition) is 2. The second-order valence-electron chi connectivity index (χ2n) is 5.20. The number of ether oxygens (including phenoxy) is 1. The number of halogens is 1. The van der Waals surface area contributed by atoms with Crippen LogP contribution >= 0.6 is 0 Å². The van der Waals surface area contributed by atoms with Gasteiger partial charge < -0.3 is 10.1 Å². The number of hydrogen-bond donors (Lipinski definition) is 1. The Labute approximate surface area is 126 Å². The summed E-state index contributed by atoms with van der Waals surface area (Å²) in [5.41, 5.74) is 1.61. The molecule has 2 nitrogen and oxygen atoms in total. The quantitative estimate of drug-likeness (QED) is 0.808. The molecule has 0 amide bonds. The van der Waals surface area contributed by atoms with Gasteiger partial charge in [-0.05, 0) is 50.6 Å². The van der Waals surface area contributed by atoms with Gasteiger partial charge in [0.1, 0.15) is 17.3 Å². The Kier molecular flexibility index (Phi) is 5.34. The highest BCUT2D eigenvalue weighted by Crippen LogP contribution is 2.32. The van der Waals surface area contributed by atoms with Crippen LogP contribution < -0.4 is 10.1 Å². The fourth-order valence-corrected chi connectivity index (χ4v) is 2.28. The Morgan fingerprint density at radius 2 is 1.81 bits per heavy atom. The largest absolute Gasteiger partial charge is 0.457 e. The molecule has 1 N–H and O–H groups in total. The molecule has 2 aromatic carbocycles. The summed E-state index contributed by atoms with van der Waals surface area (Å²) < 4.78 is 20.2. The van der Waals surface area contributed by atoms with Crippen LogP contribution in [-0.4, -0.2) is 6.54 Å². The van der Waals surface area contributed by atoms with Crippen LogP contribution in [0.2, 0.25) is 0 Å². The van der Waals surface area contributed by atoms with Crippen molar-refractivity contribution in [2.75, 3.05) is 6.54 Å².